The first kappa shape index (κ1) is 17.3. The van der Waals surface area contributed by atoms with Gasteiger partial charge in [0.15, 0.2) is 0 Å². The normalized spacial score (nSPS) is 11.9. The molecule has 118 valence electrons. The third kappa shape index (κ3) is 3.85. The van der Waals surface area contributed by atoms with Gasteiger partial charge in [0.1, 0.15) is 15.4 Å². The van der Waals surface area contributed by atoms with Crippen molar-refractivity contribution < 1.29 is 19.1 Å². The highest BCUT2D eigenvalue weighted by atomic mass is 32.1. The van der Waals surface area contributed by atoms with E-state index in [4.69, 9.17) is 15.2 Å². The maximum atomic E-state index is 12.1. The number of nitrogens with one attached hydrogen (secondary N) is 1. The Morgan fingerprint density at radius 2 is 2.00 bits per heavy atom. The smallest absolute Gasteiger partial charge is 0.343 e. The molecule has 1 unspecified atom stereocenters. The van der Waals surface area contributed by atoms with Crippen LogP contribution < -0.4 is 11.1 Å². The van der Waals surface area contributed by atoms with Crippen LogP contribution in [-0.4, -0.2) is 57.7 Å². The van der Waals surface area contributed by atoms with Gasteiger partial charge < -0.3 is 25.4 Å². The number of nitrogen functional groups attached to an aromatic ring is 1. The molecule has 0 aliphatic rings. The second-order valence-electron chi connectivity index (χ2n) is 4.74. The molecule has 0 fully saturated rings. The standard InChI is InChI=1S/C13H21N3O4S/c1-7(6-19-4)15-11-8(13(18)20-5)9(14)10(21-11)12(17)16(2)3/h7,15H,6,14H2,1-5H3. The lowest BCUT2D eigenvalue weighted by molar-refractivity contribution is 0.0603. The lowest BCUT2D eigenvalue weighted by Gasteiger charge is -2.13. The molecular formula is C13H21N3O4S. The van der Waals surface area contributed by atoms with Crippen molar-refractivity contribution in [2.75, 3.05) is 46.0 Å². The van der Waals surface area contributed by atoms with E-state index in [-0.39, 0.29) is 23.2 Å². The molecule has 3 N–H and O–H groups in total. The molecule has 21 heavy (non-hydrogen) atoms. The molecule has 0 radical (unpaired) electrons. The van der Waals surface area contributed by atoms with Gasteiger partial charge in [-0.1, -0.05) is 0 Å². The van der Waals surface area contributed by atoms with Gasteiger partial charge in [0.2, 0.25) is 0 Å². The van der Waals surface area contributed by atoms with E-state index in [2.05, 4.69) is 5.32 Å². The number of anilines is 2. The Bertz CT molecular complexity index is 528. The molecule has 0 aliphatic carbocycles. The van der Waals surface area contributed by atoms with Gasteiger partial charge in [0, 0.05) is 27.2 Å². The van der Waals surface area contributed by atoms with Crippen LogP contribution in [0.3, 0.4) is 0 Å². The number of nitrogens with zero attached hydrogens (tertiary/aromatic N) is 1. The molecule has 0 saturated heterocycles. The van der Waals surface area contributed by atoms with Crippen LogP contribution >= 0.6 is 11.3 Å². The van der Waals surface area contributed by atoms with Gasteiger partial charge in [-0.2, -0.15) is 0 Å². The van der Waals surface area contributed by atoms with Crippen LogP contribution in [0.15, 0.2) is 0 Å². The number of thiophene rings is 1. The molecule has 0 spiro atoms. The number of methoxy groups -OCH3 is 2. The minimum Gasteiger partial charge on any atom is -0.465 e. The summed E-state index contributed by atoms with van der Waals surface area (Å²) in [4.78, 5) is 25.7. The van der Waals surface area contributed by atoms with E-state index in [1.54, 1.807) is 21.2 Å². The van der Waals surface area contributed by atoms with Crippen molar-refractivity contribution in [2.45, 2.75) is 13.0 Å². The molecule has 1 aromatic rings. The molecule has 0 saturated carbocycles. The molecule has 1 heterocycles. The van der Waals surface area contributed by atoms with Crippen molar-refractivity contribution in [3.05, 3.63) is 10.4 Å². The third-order valence-corrected chi connectivity index (χ3v) is 3.85. The fourth-order valence-corrected chi connectivity index (χ4v) is 2.97. The van der Waals surface area contributed by atoms with Gasteiger partial charge in [0.25, 0.3) is 5.91 Å². The summed E-state index contributed by atoms with van der Waals surface area (Å²) in [5, 5.41) is 3.63. The van der Waals surface area contributed by atoms with E-state index in [0.29, 0.717) is 16.5 Å². The summed E-state index contributed by atoms with van der Waals surface area (Å²) in [5.74, 6) is -0.830. The Morgan fingerprint density at radius 1 is 1.38 bits per heavy atom. The predicted molar refractivity (Wildman–Crippen MR) is 83.0 cm³/mol. The summed E-state index contributed by atoms with van der Waals surface area (Å²) < 4.78 is 9.79. The Hall–Kier alpha value is -1.80. The Kier molecular flexibility index (Phi) is 5.98. The summed E-state index contributed by atoms with van der Waals surface area (Å²) >= 11 is 1.14. The van der Waals surface area contributed by atoms with E-state index in [9.17, 15) is 9.59 Å². The van der Waals surface area contributed by atoms with E-state index in [1.165, 1.54) is 12.0 Å². The number of rotatable bonds is 6. The fraction of sp³-hybridized carbons (Fsp3) is 0.538. The largest absolute Gasteiger partial charge is 0.465 e. The number of carbonyl (C=O) groups is 2. The van der Waals surface area contributed by atoms with Gasteiger partial charge in [-0.05, 0) is 6.92 Å². The lowest BCUT2D eigenvalue weighted by atomic mass is 10.2. The minimum absolute atomic E-state index is 0.0428. The number of hydrogen-bond acceptors (Lipinski definition) is 7. The molecule has 7 nitrogen and oxygen atoms in total. The number of hydrogen-bond donors (Lipinski definition) is 2. The highest BCUT2D eigenvalue weighted by Gasteiger charge is 2.27. The van der Waals surface area contributed by atoms with E-state index in [0.717, 1.165) is 11.3 Å². The van der Waals surface area contributed by atoms with E-state index < -0.39 is 5.97 Å². The predicted octanol–water partition coefficient (Wildman–Crippen LogP) is 1.27. The van der Waals surface area contributed by atoms with Crippen LogP contribution in [0.25, 0.3) is 0 Å². The van der Waals surface area contributed by atoms with Crippen molar-refractivity contribution in [3.63, 3.8) is 0 Å². The molecule has 1 atom stereocenters. The molecule has 8 heteroatoms. The number of esters is 1. The summed E-state index contributed by atoms with van der Waals surface area (Å²) in [6.07, 6.45) is 0. The summed E-state index contributed by atoms with van der Waals surface area (Å²) in [5.41, 5.74) is 6.29. The van der Waals surface area contributed by atoms with Crippen LogP contribution in [0, 0.1) is 0 Å². The van der Waals surface area contributed by atoms with Gasteiger partial charge in [-0.25, -0.2) is 4.79 Å². The number of amides is 1. The van der Waals surface area contributed by atoms with Gasteiger partial charge in [-0.15, -0.1) is 11.3 Å². The zero-order chi connectivity index (χ0) is 16.2. The van der Waals surface area contributed by atoms with Crippen LogP contribution in [-0.2, 0) is 9.47 Å². The monoisotopic (exact) mass is 315 g/mol. The van der Waals surface area contributed by atoms with Crippen molar-refractivity contribution in [3.8, 4) is 0 Å². The summed E-state index contributed by atoms with van der Waals surface area (Å²) in [7, 11) is 6.11. The van der Waals surface area contributed by atoms with Crippen LogP contribution in [0.5, 0.6) is 0 Å². The molecule has 1 aromatic heterocycles. The zero-order valence-corrected chi connectivity index (χ0v) is 13.7. The average Bonchev–Trinajstić information content (AvgIpc) is 2.73. The number of ether oxygens (including phenoxy) is 2. The second kappa shape index (κ2) is 7.28. The van der Waals surface area contributed by atoms with Gasteiger partial charge in [0.05, 0.1) is 19.4 Å². The van der Waals surface area contributed by atoms with E-state index >= 15 is 0 Å². The average molecular weight is 315 g/mol. The maximum absolute atomic E-state index is 12.1. The third-order valence-electron chi connectivity index (χ3n) is 2.73. The van der Waals surface area contributed by atoms with Crippen LogP contribution in [0.1, 0.15) is 27.0 Å². The quantitative estimate of drug-likeness (QED) is 0.768. The second-order valence-corrected chi connectivity index (χ2v) is 5.76. The SMILES string of the molecule is COCC(C)Nc1sc(C(=O)N(C)C)c(N)c1C(=O)OC. The molecule has 1 rings (SSSR count). The molecular weight excluding hydrogens is 294 g/mol. The first-order valence-electron chi connectivity index (χ1n) is 6.31. The van der Waals surface area contributed by atoms with Crippen LogP contribution in [0.2, 0.25) is 0 Å². The van der Waals surface area contributed by atoms with Crippen molar-refractivity contribution in [1.82, 2.24) is 4.90 Å². The highest BCUT2D eigenvalue weighted by Crippen LogP contribution is 2.37. The molecule has 0 aromatic carbocycles. The number of nitrogens with two attached hydrogens (primary N) is 1. The molecule has 0 aliphatic heterocycles. The lowest BCUT2D eigenvalue weighted by Crippen LogP contribution is -2.22. The minimum atomic E-state index is -0.575. The van der Waals surface area contributed by atoms with Crippen molar-refractivity contribution in [2.24, 2.45) is 0 Å². The summed E-state index contributed by atoms with van der Waals surface area (Å²) in [6.45, 7) is 2.35. The number of carbonyl (C=O) groups excluding carboxylic acids is 2. The zero-order valence-electron chi connectivity index (χ0n) is 12.9. The Morgan fingerprint density at radius 3 is 2.48 bits per heavy atom. The molecule has 0 bridgehead atoms. The summed E-state index contributed by atoms with van der Waals surface area (Å²) in [6, 6.07) is -0.0428. The highest BCUT2D eigenvalue weighted by molar-refractivity contribution is 7.19. The first-order valence-corrected chi connectivity index (χ1v) is 7.12. The van der Waals surface area contributed by atoms with Crippen molar-refractivity contribution >= 4 is 33.9 Å². The van der Waals surface area contributed by atoms with Gasteiger partial charge in [-0.3, -0.25) is 4.79 Å². The fourth-order valence-electron chi connectivity index (χ4n) is 1.73. The maximum Gasteiger partial charge on any atom is 0.343 e. The van der Waals surface area contributed by atoms with Gasteiger partial charge >= 0.3 is 5.97 Å². The topological polar surface area (TPSA) is 93.9 Å². The first-order chi connectivity index (χ1) is 9.83. The van der Waals surface area contributed by atoms with Crippen molar-refractivity contribution in [1.29, 1.82) is 0 Å². The Balaban J connectivity index is 3.24. The van der Waals surface area contributed by atoms with E-state index in [1.807, 2.05) is 6.92 Å². The van der Waals surface area contributed by atoms with Crippen LogP contribution in [0.4, 0.5) is 10.7 Å². The molecule has 1 amide bonds. The Labute approximate surface area is 128 Å².